The van der Waals surface area contributed by atoms with Crippen molar-refractivity contribution in [3.8, 4) is 0 Å². The third-order valence-electron chi connectivity index (χ3n) is 1.49. The fourth-order valence-electron chi connectivity index (χ4n) is 0.930. The molecule has 13 heavy (non-hydrogen) atoms. The molecular weight excluding hydrogens is 190 g/mol. The van der Waals surface area contributed by atoms with Gasteiger partial charge in [-0.1, -0.05) is 12.1 Å². The van der Waals surface area contributed by atoms with Gasteiger partial charge < -0.3 is 5.43 Å². The van der Waals surface area contributed by atoms with E-state index in [1.165, 1.54) is 0 Å². The van der Waals surface area contributed by atoms with Crippen molar-refractivity contribution < 1.29 is 8.42 Å². The molecule has 0 amide bonds. The quantitative estimate of drug-likeness (QED) is 0.464. The zero-order chi connectivity index (χ0) is 9.90. The second-order valence-electron chi connectivity index (χ2n) is 2.65. The summed E-state index contributed by atoms with van der Waals surface area (Å²) in [5.74, 6) is 4.98. The van der Waals surface area contributed by atoms with Crippen molar-refractivity contribution in [1.29, 1.82) is 0 Å². The van der Waals surface area contributed by atoms with E-state index < -0.39 is 10.0 Å². The van der Waals surface area contributed by atoms with Gasteiger partial charge in [0.2, 0.25) is 10.0 Å². The average Bonchev–Trinajstić information content (AvgIpc) is 2.03. The van der Waals surface area contributed by atoms with Crippen LogP contribution in [0.5, 0.6) is 0 Å². The molecule has 0 atom stereocenters. The highest BCUT2D eigenvalue weighted by Crippen LogP contribution is 2.09. The number of sulfonamides is 1. The predicted octanol–water partition coefficient (Wildman–Crippen LogP) is -0.239. The van der Waals surface area contributed by atoms with E-state index in [0.29, 0.717) is 5.56 Å². The van der Waals surface area contributed by atoms with Gasteiger partial charge in [-0.2, -0.15) is 0 Å². The summed E-state index contributed by atoms with van der Waals surface area (Å²) in [6.07, 6.45) is 0. The van der Waals surface area contributed by atoms with Crippen LogP contribution in [-0.4, -0.2) is 8.42 Å². The van der Waals surface area contributed by atoms with Gasteiger partial charge in [0.05, 0.1) is 5.75 Å². The predicted molar refractivity (Wildman–Crippen MR) is 51.1 cm³/mol. The summed E-state index contributed by atoms with van der Waals surface area (Å²) in [7, 11) is -3.45. The number of benzene rings is 1. The Labute approximate surface area is 76.8 Å². The van der Waals surface area contributed by atoms with Crippen LogP contribution in [0.3, 0.4) is 0 Å². The summed E-state index contributed by atoms with van der Waals surface area (Å²) in [5, 5.41) is 4.87. The Morgan fingerprint density at radius 3 is 2.15 bits per heavy atom. The maximum atomic E-state index is 10.7. The number of nitrogen functional groups attached to an aromatic ring is 1. The van der Waals surface area contributed by atoms with E-state index in [2.05, 4.69) is 5.43 Å². The lowest BCUT2D eigenvalue weighted by Crippen LogP contribution is -2.14. The molecule has 0 aliphatic rings. The Kier molecular flexibility index (Phi) is 2.86. The molecular formula is C7H11N3O2S. The fourth-order valence-corrected chi connectivity index (χ4v) is 1.59. The molecule has 5 N–H and O–H groups in total. The van der Waals surface area contributed by atoms with Crippen molar-refractivity contribution in [2.75, 3.05) is 5.43 Å². The van der Waals surface area contributed by atoms with Crippen molar-refractivity contribution in [1.82, 2.24) is 0 Å². The van der Waals surface area contributed by atoms with Crippen LogP contribution in [0.25, 0.3) is 0 Å². The van der Waals surface area contributed by atoms with Gasteiger partial charge in [0.1, 0.15) is 0 Å². The molecule has 72 valence electrons. The number of primary sulfonamides is 1. The van der Waals surface area contributed by atoms with Gasteiger partial charge in [-0.15, -0.1) is 0 Å². The van der Waals surface area contributed by atoms with Gasteiger partial charge >= 0.3 is 0 Å². The molecule has 1 aromatic carbocycles. The minimum Gasteiger partial charge on any atom is -0.324 e. The van der Waals surface area contributed by atoms with Gasteiger partial charge in [0, 0.05) is 5.69 Å². The van der Waals surface area contributed by atoms with Crippen molar-refractivity contribution in [2.24, 2.45) is 11.0 Å². The molecule has 0 spiro atoms. The summed E-state index contributed by atoms with van der Waals surface area (Å²) < 4.78 is 21.4. The first-order valence-electron chi connectivity index (χ1n) is 3.57. The molecule has 0 heterocycles. The summed E-state index contributed by atoms with van der Waals surface area (Å²) in [5.41, 5.74) is 3.80. The summed E-state index contributed by atoms with van der Waals surface area (Å²) in [6, 6.07) is 6.67. The second kappa shape index (κ2) is 3.73. The average molecular weight is 201 g/mol. The van der Waals surface area contributed by atoms with Gasteiger partial charge in [0.25, 0.3) is 0 Å². The van der Waals surface area contributed by atoms with Crippen molar-refractivity contribution in [2.45, 2.75) is 5.75 Å². The highest BCUT2D eigenvalue weighted by Gasteiger charge is 2.03. The normalized spacial score (nSPS) is 11.2. The molecule has 0 aliphatic heterocycles. The zero-order valence-electron chi connectivity index (χ0n) is 6.90. The van der Waals surface area contributed by atoms with E-state index in [-0.39, 0.29) is 5.75 Å². The van der Waals surface area contributed by atoms with Gasteiger partial charge in [-0.25, -0.2) is 13.6 Å². The second-order valence-corrected chi connectivity index (χ2v) is 4.26. The summed E-state index contributed by atoms with van der Waals surface area (Å²) in [6.45, 7) is 0. The smallest absolute Gasteiger partial charge is 0.213 e. The highest BCUT2D eigenvalue weighted by molar-refractivity contribution is 7.88. The molecule has 0 unspecified atom stereocenters. The molecule has 0 bridgehead atoms. The fraction of sp³-hybridized carbons (Fsp3) is 0.143. The number of hydrazine groups is 1. The van der Waals surface area contributed by atoms with Crippen LogP contribution >= 0.6 is 0 Å². The molecule has 0 aliphatic carbocycles. The lowest BCUT2D eigenvalue weighted by atomic mass is 10.2. The van der Waals surface area contributed by atoms with E-state index in [4.69, 9.17) is 11.0 Å². The molecule has 0 saturated heterocycles. The Balaban J connectivity index is 2.81. The lowest BCUT2D eigenvalue weighted by Gasteiger charge is -2.01. The first-order valence-corrected chi connectivity index (χ1v) is 5.29. The zero-order valence-corrected chi connectivity index (χ0v) is 7.71. The van der Waals surface area contributed by atoms with E-state index >= 15 is 0 Å². The van der Waals surface area contributed by atoms with Gasteiger partial charge in [-0.3, -0.25) is 5.84 Å². The Morgan fingerprint density at radius 2 is 1.77 bits per heavy atom. The SMILES string of the molecule is NNc1ccc(CS(N)(=O)=O)cc1. The number of rotatable bonds is 3. The van der Waals surface area contributed by atoms with E-state index in [1.54, 1.807) is 24.3 Å². The Morgan fingerprint density at radius 1 is 1.23 bits per heavy atom. The number of hydrogen-bond acceptors (Lipinski definition) is 4. The molecule has 0 radical (unpaired) electrons. The lowest BCUT2D eigenvalue weighted by molar-refractivity contribution is 0.597. The number of hydrogen-bond donors (Lipinski definition) is 3. The largest absolute Gasteiger partial charge is 0.324 e. The maximum absolute atomic E-state index is 10.7. The third kappa shape index (κ3) is 3.41. The van der Waals surface area contributed by atoms with Crippen LogP contribution in [-0.2, 0) is 15.8 Å². The molecule has 5 nitrogen and oxygen atoms in total. The minimum absolute atomic E-state index is 0.155. The van der Waals surface area contributed by atoms with E-state index in [0.717, 1.165) is 5.69 Å². The van der Waals surface area contributed by atoms with E-state index in [1.807, 2.05) is 0 Å². The third-order valence-corrected chi connectivity index (χ3v) is 2.22. The van der Waals surface area contributed by atoms with Crippen LogP contribution in [0.1, 0.15) is 5.56 Å². The van der Waals surface area contributed by atoms with Crippen molar-refractivity contribution >= 4 is 15.7 Å². The number of nitrogens with one attached hydrogen (secondary N) is 1. The van der Waals surface area contributed by atoms with E-state index in [9.17, 15) is 8.42 Å². The first-order chi connectivity index (χ1) is 6.01. The van der Waals surface area contributed by atoms with Crippen LogP contribution in [0, 0.1) is 0 Å². The number of nitrogens with two attached hydrogens (primary N) is 2. The first kappa shape index (κ1) is 9.97. The minimum atomic E-state index is -3.45. The Hall–Kier alpha value is -1.11. The summed E-state index contributed by atoms with van der Waals surface area (Å²) in [4.78, 5) is 0. The van der Waals surface area contributed by atoms with Crippen LogP contribution < -0.4 is 16.4 Å². The standard InChI is InChI=1S/C7H11N3O2S/c8-10-7-3-1-6(2-4-7)5-13(9,11)12/h1-4,10H,5,8H2,(H2,9,11,12). The van der Waals surface area contributed by atoms with Crippen LogP contribution in [0.2, 0.25) is 0 Å². The maximum Gasteiger partial charge on any atom is 0.213 e. The molecule has 1 aromatic rings. The van der Waals surface area contributed by atoms with Crippen molar-refractivity contribution in [3.63, 3.8) is 0 Å². The monoisotopic (exact) mass is 201 g/mol. The molecule has 0 saturated carbocycles. The number of anilines is 1. The molecule has 1 rings (SSSR count). The molecule has 0 aromatic heterocycles. The van der Waals surface area contributed by atoms with Crippen molar-refractivity contribution in [3.05, 3.63) is 29.8 Å². The van der Waals surface area contributed by atoms with Crippen LogP contribution in [0.4, 0.5) is 5.69 Å². The Bertz CT molecular complexity index is 371. The van der Waals surface area contributed by atoms with Crippen LogP contribution in [0.15, 0.2) is 24.3 Å². The topological polar surface area (TPSA) is 98.2 Å². The molecule has 6 heteroatoms. The summed E-state index contributed by atoms with van der Waals surface area (Å²) >= 11 is 0. The molecule has 0 fully saturated rings. The highest BCUT2D eigenvalue weighted by atomic mass is 32.2. The van der Waals surface area contributed by atoms with Gasteiger partial charge in [-0.05, 0) is 17.7 Å². The van der Waals surface area contributed by atoms with Gasteiger partial charge in [0.15, 0.2) is 0 Å².